The van der Waals surface area contributed by atoms with Crippen LogP contribution in [0.4, 0.5) is 0 Å². The van der Waals surface area contributed by atoms with Gasteiger partial charge < -0.3 is 9.47 Å². The highest BCUT2D eigenvalue weighted by Gasteiger charge is 2.04. The first kappa shape index (κ1) is 16.1. The third-order valence-electron chi connectivity index (χ3n) is 3.32. The monoisotopic (exact) mass is 316 g/mol. The Morgan fingerprint density at radius 3 is 2.36 bits per heavy atom. The Labute approximate surface area is 135 Å². The van der Waals surface area contributed by atoms with Crippen molar-refractivity contribution in [2.24, 2.45) is 0 Å². The molecule has 114 valence electrons. The molecule has 0 aliphatic carbocycles. The second kappa shape index (κ2) is 8.25. The fourth-order valence-electron chi connectivity index (χ4n) is 2.12. The third-order valence-corrected chi connectivity index (χ3v) is 3.57. The smallest absolute Gasteiger partial charge is 0.297 e. The van der Waals surface area contributed by atoms with Crippen molar-refractivity contribution in [3.63, 3.8) is 0 Å². The summed E-state index contributed by atoms with van der Waals surface area (Å²) >= 11 is 5.89. The Morgan fingerprint density at radius 1 is 1.09 bits per heavy atom. The average Bonchev–Trinajstić information content (AvgIpc) is 2.57. The van der Waals surface area contributed by atoms with E-state index in [-0.39, 0.29) is 0 Å². The molecule has 3 nitrogen and oxygen atoms in total. The minimum Gasteiger partial charge on any atom is -0.497 e. The molecular formula is C18H17ClO3. The van der Waals surface area contributed by atoms with Crippen molar-refractivity contribution >= 4 is 23.6 Å². The van der Waals surface area contributed by atoms with Gasteiger partial charge in [-0.3, -0.25) is 4.79 Å². The molecule has 0 aliphatic rings. The Hall–Kier alpha value is -2.26. The van der Waals surface area contributed by atoms with Crippen LogP contribution in [0.2, 0.25) is 5.02 Å². The highest BCUT2D eigenvalue weighted by atomic mass is 35.5. The van der Waals surface area contributed by atoms with Gasteiger partial charge in [0.25, 0.3) is 6.47 Å². The van der Waals surface area contributed by atoms with Crippen LogP contribution in [0.25, 0.3) is 5.57 Å². The Bertz CT molecular complexity index is 630. The lowest BCUT2D eigenvalue weighted by molar-refractivity contribution is -0.123. The van der Waals surface area contributed by atoms with Crippen LogP contribution in [0, 0.1) is 0 Å². The van der Waals surface area contributed by atoms with Crippen LogP contribution in [-0.2, 0) is 16.0 Å². The minimum atomic E-state index is 0.422. The van der Waals surface area contributed by atoms with Gasteiger partial charge in [0, 0.05) is 5.02 Å². The lowest BCUT2D eigenvalue weighted by atomic mass is 9.99. The van der Waals surface area contributed by atoms with Crippen LogP contribution in [0.1, 0.15) is 17.5 Å². The van der Waals surface area contributed by atoms with Crippen molar-refractivity contribution < 1.29 is 14.3 Å². The van der Waals surface area contributed by atoms with E-state index >= 15 is 0 Å². The third kappa shape index (κ3) is 4.64. The van der Waals surface area contributed by atoms with Gasteiger partial charge in [-0.25, -0.2) is 0 Å². The fraction of sp³-hybridized carbons (Fsp3) is 0.167. The van der Waals surface area contributed by atoms with Crippen molar-refractivity contribution in [1.29, 1.82) is 0 Å². The van der Waals surface area contributed by atoms with E-state index in [2.05, 4.69) is 0 Å². The lowest BCUT2D eigenvalue weighted by Crippen LogP contribution is -1.92. The number of carbonyl (C=O) groups excluding carboxylic acids is 1. The van der Waals surface area contributed by atoms with Crippen LogP contribution in [-0.4, -0.2) is 13.6 Å². The fourth-order valence-corrected chi connectivity index (χ4v) is 2.24. The normalized spacial score (nSPS) is 11.1. The quantitative estimate of drug-likeness (QED) is 0.557. The number of hydrogen-bond acceptors (Lipinski definition) is 3. The standard InChI is InChI=1S/C18H17ClO3/c1-21-18-10-6-15(7-11-18)16(12-22-13-20)5-2-14-3-8-17(19)9-4-14/h3-4,6-13H,2,5H2,1H3/b16-12+. The number of ether oxygens (including phenoxy) is 2. The van der Waals surface area contributed by atoms with Gasteiger partial charge in [0.2, 0.25) is 0 Å². The number of carbonyl (C=O) groups is 1. The van der Waals surface area contributed by atoms with Gasteiger partial charge in [0.15, 0.2) is 0 Å². The van der Waals surface area contributed by atoms with Gasteiger partial charge in [-0.05, 0) is 53.8 Å². The molecule has 0 fully saturated rings. The molecule has 0 saturated heterocycles. The van der Waals surface area contributed by atoms with E-state index in [1.807, 2.05) is 48.5 Å². The molecule has 2 aromatic carbocycles. The van der Waals surface area contributed by atoms with Crippen LogP contribution in [0.15, 0.2) is 54.8 Å². The first-order valence-electron chi connectivity index (χ1n) is 6.90. The van der Waals surface area contributed by atoms with Gasteiger partial charge in [-0.15, -0.1) is 0 Å². The molecule has 0 N–H and O–H groups in total. The van der Waals surface area contributed by atoms with Crippen LogP contribution in [0.5, 0.6) is 5.75 Å². The van der Waals surface area contributed by atoms with Gasteiger partial charge in [0.05, 0.1) is 13.4 Å². The van der Waals surface area contributed by atoms with Crippen molar-refractivity contribution in [1.82, 2.24) is 0 Å². The van der Waals surface area contributed by atoms with E-state index in [0.717, 1.165) is 34.8 Å². The number of allylic oxidation sites excluding steroid dienone is 1. The molecule has 2 rings (SSSR count). The van der Waals surface area contributed by atoms with Gasteiger partial charge in [0.1, 0.15) is 5.75 Å². The molecule has 0 unspecified atom stereocenters. The number of hydrogen-bond donors (Lipinski definition) is 0. The zero-order valence-electron chi connectivity index (χ0n) is 12.3. The van der Waals surface area contributed by atoms with Gasteiger partial charge >= 0.3 is 0 Å². The maximum absolute atomic E-state index is 10.5. The van der Waals surface area contributed by atoms with E-state index in [9.17, 15) is 4.79 Å². The Kier molecular flexibility index (Phi) is 6.04. The predicted octanol–water partition coefficient (Wildman–Crippen LogP) is 4.50. The first-order chi connectivity index (χ1) is 10.7. The predicted molar refractivity (Wildman–Crippen MR) is 87.9 cm³/mol. The summed E-state index contributed by atoms with van der Waals surface area (Å²) in [6.45, 7) is 0.422. The molecule has 0 aliphatic heterocycles. The van der Waals surface area contributed by atoms with Crippen LogP contribution < -0.4 is 4.74 Å². The minimum absolute atomic E-state index is 0.422. The molecular weight excluding hydrogens is 300 g/mol. The number of aryl methyl sites for hydroxylation is 1. The maximum atomic E-state index is 10.5. The molecule has 0 aromatic heterocycles. The van der Waals surface area contributed by atoms with E-state index in [0.29, 0.717) is 6.47 Å². The summed E-state index contributed by atoms with van der Waals surface area (Å²) in [4.78, 5) is 10.5. The van der Waals surface area contributed by atoms with E-state index in [1.54, 1.807) is 7.11 Å². The number of methoxy groups -OCH3 is 1. The van der Waals surface area contributed by atoms with Crippen molar-refractivity contribution in [3.05, 3.63) is 70.9 Å². The molecule has 0 heterocycles. The van der Waals surface area contributed by atoms with E-state index in [1.165, 1.54) is 11.8 Å². The van der Waals surface area contributed by atoms with Gasteiger partial charge in [-0.2, -0.15) is 0 Å². The molecule has 0 radical (unpaired) electrons. The number of halogens is 1. The highest BCUT2D eigenvalue weighted by Crippen LogP contribution is 2.23. The summed E-state index contributed by atoms with van der Waals surface area (Å²) in [5, 5.41) is 0.721. The highest BCUT2D eigenvalue weighted by molar-refractivity contribution is 6.30. The second-order valence-electron chi connectivity index (χ2n) is 4.73. The Morgan fingerprint density at radius 2 is 1.77 bits per heavy atom. The van der Waals surface area contributed by atoms with Gasteiger partial charge in [-0.1, -0.05) is 35.9 Å². The molecule has 0 spiro atoms. The second-order valence-corrected chi connectivity index (χ2v) is 5.17. The van der Waals surface area contributed by atoms with Crippen molar-refractivity contribution in [2.75, 3.05) is 7.11 Å². The van der Waals surface area contributed by atoms with Crippen molar-refractivity contribution in [3.8, 4) is 5.75 Å². The molecule has 2 aromatic rings. The van der Waals surface area contributed by atoms with E-state index in [4.69, 9.17) is 21.1 Å². The van der Waals surface area contributed by atoms with Crippen LogP contribution in [0.3, 0.4) is 0 Å². The van der Waals surface area contributed by atoms with Crippen molar-refractivity contribution in [2.45, 2.75) is 12.8 Å². The molecule has 0 amide bonds. The lowest BCUT2D eigenvalue weighted by Gasteiger charge is -2.09. The Balaban J connectivity index is 2.11. The molecule has 0 saturated carbocycles. The zero-order valence-corrected chi connectivity index (χ0v) is 13.0. The molecule has 4 heteroatoms. The summed E-state index contributed by atoms with van der Waals surface area (Å²) in [7, 11) is 1.63. The summed E-state index contributed by atoms with van der Waals surface area (Å²) in [6, 6.07) is 15.4. The summed E-state index contributed by atoms with van der Waals surface area (Å²) < 4.78 is 9.97. The van der Waals surface area contributed by atoms with E-state index < -0.39 is 0 Å². The SMILES string of the molecule is COc1ccc(/C(=C/OC=O)CCc2ccc(Cl)cc2)cc1. The molecule has 0 bridgehead atoms. The van der Waals surface area contributed by atoms with Crippen LogP contribution >= 0.6 is 11.6 Å². The number of rotatable bonds is 7. The topological polar surface area (TPSA) is 35.5 Å². The summed E-state index contributed by atoms with van der Waals surface area (Å²) in [6.07, 6.45) is 3.07. The zero-order chi connectivity index (χ0) is 15.8. The summed E-state index contributed by atoms with van der Waals surface area (Å²) in [5.74, 6) is 0.789. The first-order valence-corrected chi connectivity index (χ1v) is 7.27. The molecule has 0 atom stereocenters. The summed E-state index contributed by atoms with van der Waals surface area (Å²) in [5.41, 5.74) is 3.12. The molecule has 22 heavy (non-hydrogen) atoms. The maximum Gasteiger partial charge on any atom is 0.297 e. The largest absolute Gasteiger partial charge is 0.497 e. The number of benzene rings is 2. The average molecular weight is 317 g/mol.